The second-order valence-electron chi connectivity index (χ2n) is 4.01. The molecule has 0 fully saturated rings. The van der Waals surface area contributed by atoms with Crippen LogP contribution >= 0.6 is 34.8 Å². The first kappa shape index (κ1) is 14.2. The SMILES string of the molecule is CCCC(Cl)CCCc1cc(Cl)ccc1Cl. The predicted octanol–water partition coefficient (Wildman–Crippen LogP) is 5.72. The van der Waals surface area contributed by atoms with Crippen molar-refractivity contribution >= 4 is 34.8 Å². The van der Waals surface area contributed by atoms with E-state index in [2.05, 4.69) is 6.92 Å². The number of halogens is 3. The summed E-state index contributed by atoms with van der Waals surface area (Å²) in [6.07, 6.45) is 5.29. The van der Waals surface area contributed by atoms with Crippen molar-refractivity contribution in [1.82, 2.24) is 0 Å². The number of benzene rings is 1. The lowest BCUT2D eigenvalue weighted by molar-refractivity contribution is 0.640. The fraction of sp³-hybridized carbons (Fsp3) is 0.538. The van der Waals surface area contributed by atoms with E-state index in [4.69, 9.17) is 34.8 Å². The summed E-state index contributed by atoms with van der Waals surface area (Å²) in [4.78, 5) is 0. The van der Waals surface area contributed by atoms with Crippen LogP contribution in [0.4, 0.5) is 0 Å². The summed E-state index contributed by atoms with van der Waals surface area (Å²) >= 11 is 18.2. The van der Waals surface area contributed by atoms with Crippen molar-refractivity contribution in [1.29, 1.82) is 0 Å². The Morgan fingerprint density at radius 3 is 2.62 bits per heavy atom. The third-order valence-electron chi connectivity index (χ3n) is 2.57. The van der Waals surface area contributed by atoms with Crippen LogP contribution in [0.3, 0.4) is 0 Å². The molecular formula is C13H17Cl3. The topological polar surface area (TPSA) is 0 Å². The van der Waals surface area contributed by atoms with E-state index in [1.807, 2.05) is 18.2 Å². The van der Waals surface area contributed by atoms with Crippen molar-refractivity contribution < 1.29 is 0 Å². The van der Waals surface area contributed by atoms with Gasteiger partial charge in [-0.05, 0) is 49.4 Å². The van der Waals surface area contributed by atoms with Crippen LogP contribution in [0.5, 0.6) is 0 Å². The summed E-state index contributed by atoms with van der Waals surface area (Å²) in [6, 6.07) is 5.60. The lowest BCUT2D eigenvalue weighted by Gasteiger charge is -2.08. The Morgan fingerprint density at radius 2 is 1.94 bits per heavy atom. The standard InChI is InChI=1S/C13H17Cl3/c1-2-4-11(14)6-3-5-10-9-12(15)7-8-13(10)16/h7-9,11H,2-6H2,1H3. The van der Waals surface area contributed by atoms with E-state index >= 15 is 0 Å². The lowest BCUT2D eigenvalue weighted by Crippen LogP contribution is -1.99. The molecule has 0 amide bonds. The van der Waals surface area contributed by atoms with Crippen molar-refractivity contribution in [2.24, 2.45) is 0 Å². The zero-order valence-electron chi connectivity index (χ0n) is 9.48. The number of aryl methyl sites for hydroxylation is 1. The first-order chi connectivity index (χ1) is 7.63. The molecular weight excluding hydrogens is 263 g/mol. The Labute approximate surface area is 113 Å². The van der Waals surface area contributed by atoms with Gasteiger partial charge in [-0.15, -0.1) is 11.6 Å². The maximum Gasteiger partial charge on any atom is 0.0439 e. The number of hydrogen-bond donors (Lipinski definition) is 0. The first-order valence-electron chi connectivity index (χ1n) is 5.71. The van der Waals surface area contributed by atoms with Gasteiger partial charge < -0.3 is 0 Å². The lowest BCUT2D eigenvalue weighted by atomic mass is 10.1. The molecule has 0 aliphatic heterocycles. The highest BCUT2D eigenvalue weighted by molar-refractivity contribution is 6.33. The second-order valence-corrected chi connectivity index (χ2v) is 5.47. The Morgan fingerprint density at radius 1 is 1.19 bits per heavy atom. The highest BCUT2D eigenvalue weighted by Gasteiger charge is 2.05. The Kier molecular flexibility index (Phi) is 6.57. The van der Waals surface area contributed by atoms with Crippen LogP contribution in [0.2, 0.25) is 10.0 Å². The van der Waals surface area contributed by atoms with Gasteiger partial charge in [-0.3, -0.25) is 0 Å². The van der Waals surface area contributed by atoms with Gasteiger partial charge in [0.25, 0.3) is 0 Å². The first-order valence-corrected chi connectivity index (χ1v) is 6.90. The zero-order chi connectivity index (χ0) is 12.0. The molecule has 0 saturated heterocycles. The smallest absolute Gasteiger partial charge is 0.0439 e. The third-order valence-corrected chi connectivity index (χ3v) is 3.61. The molecule has 16 heavy (non-hydrogen) atoms. The average Bonchev–Trinajstić information content (AvgIpc) is 2.23. The zero-order valence-corrected chi connectivity index (χ0v) is 11.7. The molecule has 0 nitrogen and oxygen atoms in total. The van der Waals surface area contributed by atoms with Gasteiger partial charge in [0.1, 0.15) is 0 Å². The van der Waals surface area contributed by atoms with Gasteiger partial charge in [0.2, 0.25) is 0 Å². The van der Waals surface area contributed by atoms with E-state index in [-0.39, 0.29) is 0 Å². The van der Waals surface area contributed by atoms with Crippen LogP contribution in [-0.4, -0.2) is 5.38 Å². The fourth-order valence-corrected chi connectivity index (χ4v) is 2.49. The average molecular weight is 280 g/mol. The molecule has 1 aromatic rings. The third kappa shape index (κ3) is 4.95. The second kappa shape index (κ2) is 7.42. The van der Waals surface area contributed by atoms with Gasteiger partial charge in [0.15, 0.2) is 0 Å². The normalized spacial score (nSPS) is 12.8. The molecule has 0 radical (unpaired) electrons. The molecule has 1 unspecified atom stereocenters. The summed E-state index contributed by atoms with van der Waals surface area (Å²) in [6.45, 7) is 2.16. The summed E-state index contributed by atoms with van der Waals surface area (Å²) < 4.78 is 0. The Balaban J connectivity index is 2.39. The van der Waals surface area contributed by atoms with Crippen LogP contribution in [-0.2, 0) is 6.42 Å². The van der Waals surface area contributed by atoms with E-state index in [0.717, 1.165) is 47.7 Å². The molecule has 0 bridgehead atoms. The van der Waals surface area contributed by atoms with Gasteiger partial charge in [-0.2, -0.15) is 0 Å². The molecule has 1 atom stereocenters. The molecule has 3 heteroatoms. The fourth-order valence-electron chi connectivity index (χ4n) is 1.71. The Hall–Kier alpha value is 0.0900. The van der Waals surface area contributed by atoms with Crippen molar-refractivity contribution in [3.8, 4) is 0 Å². The van der Waals surface area contributed by atoms with Crippen LogP contribution in [0.1, 0.15) is 38.2 Å². The summed E-state index contributed by atoms with van der Waals surface area (Å²) in [5.41, 5.74) is 1.12. The van der Waals surface area contributed by atoms with Crippen LogP contribution < -0.4 is 0 Å². The molecule has 0 saturated carbocycles. The van der Waals surface area contributed by atoms with Gasteiger partial charge in [-0.1, -0.05) is 36.5 Å². The van der Waals surface area contributed by atoms with E-state index in [1.54, 1.807) is 0 Å². The summed E-state index contributed by atoms with van der Waals surface area (Å²) in [5, 5.41) is 1.84. The molecule has 90 valence electrons. The van der Waals surface area contributed by atoms with Crippen molar-refractivity contribution in [2.45, 2.75) is 44.4 Å². The minimum atomic E-state index is 0.294. The van der Waals surface area contributed by atoms with Gasteiger partial charge in [-0.25, -0.2) is 0 Å². The minimum Gasteiger partial charge on any atom is -0.123 e. The highest BCUT2D eigenvalue weighted by atomic mass is 35.5. The molecule has 0 aromatic heterocycles. The molecule has 1 rings (SSSR count). The maximum absolute atomic E-state index is 6.16. The van der Waals surface area contributed by atoms with Crippen LogP contribution in [0.25, 0.3) is 0 Å². The van der Waals surface area contributed by atoms with E-state index in [9.17, 15) is 0 Å². The largest absolute Gasteiger partial charge is 0.123 e. The summed E-state index contributed by atoms with van der Waals surface area (Å²) in [7, 11) is 0. The van der Waals surface area contributed by atoms with Crippen LogP contribution in [0.15, 0.2) is 18.2 Å². The number of alkyl halides is 1. The van der Waals surface area contributed by atoms with Crippen molar-refractivity contribution in [3.05, 3.63) is 33.8 Å². The van der Waals surface area contributed by atoms with Gasteiger partial charge in [0, 0.05) is 15.4 Å². The van der Waals surface area contributed by atoms with E-state index < -0.39 is 0 Å². The van der Waals surface area contributed by atoms with E-state index in [1.165, 1.54) is 0 Å². The Bertz CT molecular complexity index is 323. The molecule has 0 spiro atoms. The molecule has 1 aromatic carbocycles. The number of rotatable bonds is 6. The maximum atomic E-state index is 6.16. The molecule has 0 aliphatic carbocycles. The van der Waals surface area contributed by atoms with Crippen molar-refractivity contribution in [3.63, 3.8) is 0 Å². The van der Waals surface area contributed by atoms with Gasteiger partial charge in [0.05, 0.1) is 0 Å². The highest BCUT2D eigenvalue weighted by Crippen LogP contribution is 2.23. The van der Waals surface area contributed by atoms with Crippen LogP contribution in [0, 0.1) is 0 Å². The number of hydrogen-bond acceptors (Lipinski definition) is 0. The van der Waals surface area contributed by atoms with Crippen molar-refractivity contribution in [2.75, 3.05) is 0 Å². The molecule has 0 N–H and O–H groups in total. The summed E-state index contributed by atoms with van der Waals surface area (Å²) in [5.74, 6) is 0. The quantitative estimate of drug-likeness (QED) is 0.584. The molecule has 0 heterocycles. The molecule has 0 aliphatic rings. The monoisotopic (exact) mass is 278 g/mol. The van der Waals surface area contributed by atoms with E-state index in [0.29, 0.717) is 5.38 Å². The minimum absolute atomic E-state index is 0.294. The predicted molar refractivity (Wildman–Crippen MR) is 73.9 cm³/mol. The van der Waals surface area contributed by atoms with Gasteiger partial charge >= 0.3 is 0 Å².